The number of ether oxygens (including phenoxy) is 1. The number of hydrogen-bond acceptors (Lipinski definition) is 3. The second kappa shape index (κ2) is 5.14. The molecule has 3 nitrogen and oxygen atoms in total. The van der Waals surface area contributed by atoms with Gasteiger partial charge in [0.25, 0.3) is 0 Å². The number of hydrogen-bond donors (Lipinski definition) is 2. The standard InChI is InChI=1S/C12H19NO2/c1-8-6-10(11(13)4-5-14)7-9(2)12(8)15-3/h6-7,11,14H,4-5,13H2,1-3H3/t11-/m1/s1. The highest BCUT2D eigenvalue weighted by Crippen LogP contribution is 2.27. The molecule has 1 aromatic carbocycles. The van der Waals surface area contributed by atoms with E-state index in [0.717, 1.165) is 22.4 Å². The van der Waals surface area contributed by atoms with Gasteiger partial charge in [-0.25, -0.2) is 0 Å². The maximum atomic E-state index is 8.83. The molecule has 0 heterocycles. The molecular formula is C12H19NO2. The first kappa shape index (κ1) is 12.0. The van der Waals surface area contributed by atoms with Crippen LogP contribution in [0.5, 0.6) is 5.75 Å². The molecule has 1 atom stereocenters. The van der Waals surface area contributed by atoms with Crippen LogP contribution < -0.4 is 10.5 Å². The van der Waals surface area contributed by atoms with Gasteiger partial charge in [0.15, 0.2) is 0 Å². The van der Waals surface area contributed by atoms with Crippen molar-refractivity contribution in [1.29, 1.82) is 0 Å². The second-order valence-electron chi connectivity index (χ2n) is 3.81. The molecule has 0 bridgehead atoms. The van der Waals surface area contributed by atoms with Gasteiger partial charge in [0.05, 0.1) is 7.11 Å². The van der Waals surface area contributed by atoms with Gasteiger partial charge < -0.3 is 15.6 Å². The van der Waals surface area contributed by atoms with Crippen molar-refractivity contribution in [3.05, 3.63) is 28.8 Å². The Bertz CT molecular complexity index is 313. The molecule has 0 saturated carbocycles. The van der Waals surface area contributed by atoms with Gasteiger partial charge in [0.2, 0.25) is 0 Å². The minimum Gasteiger partial charge on any atom is -0.496 e. The van der Waals surface area contributed by atoms with E-state index >= 15 is 0 Å². The van der Waals surface area contributed by atoms with Gasteiger partial charge in [-0.05, 0) is 37.0 Å². The van der Waals surface area contributed by atoms with Crippen LogP contribution in [0.3, 0.4) is 0 Å². The zero-order chi connectivity index (χ0) is 11.4. The molecular weight excluding hydrogens is 190 g/mol. The lowest BCUT2D eigenvalue weighted by molar-refractivity contribution is 0.276. The average molecular weight is 209 g/mol. The number of nitrogens with two attached hydrogens (primary N) is 1. The molecule has 15 heavy (non-hydrogen) atoms. The highest BCUT2D eigenvalue weighted by atomic mass is 16.5. The van der Waals surface area contributed by atoms with Gasteiger partial charge in [-0.1, -0.05) is 12.1 Å². The van der Waals surface area contributed by atoms with Crippen LogP contribution in [0, 0.1) is 13.8 Å². The Kier molecular flexibility index (Phi) is 4.12. The summed E-state index contributed by atoms with van der Waals surface area (Å²) in [7, 11) is 1.67. The fourth-order valence-electron chi connectivity index (χ4n) is 1.83. The summed E-state index contributed by atoms with van der Waals surface area (Å²) in [5.41, 5.74) is 9.16. The van der Waals surface area contributed by atoms with Crippen molar-refractivity contribution in [1.82, 2.24) is 0 Å². The zero-order valence-corrected chi connectivity index (χ0v) is 9.58. The third kappa shape index (κ3) is 2.70. The number of benzene rings is 1. The van der Waals surface area contributed by atoms with Gasteiger partial charge in [0.1, 0.15) is 5.75 Å². The quantitative estimate of drug-likeness (QED) is 0.793. The molecule has 0 radical (unpaired) electrons. The third-order valence-electron chi connectivity index (χ3n) is 2.56. The predicted molar refractivity (Wildman–Crippen MR) is 61.1 cm³/mol. The van der Waals surface area contributed by atoms with E-state index in [-0.39, 0.29) is 12.6 Å². The maximum absolute atomic E-state index is 8.83. The zero-order valence-electron chi connectivity index (χ0n) is 9.58. The molecule has 0 aliphatic carbocycles. The van der Waals surface area contributed by atoms with E-state index in [0.29, 0.717) is 6.42 Å². The number of aryl methyl sites for hydroxylation is 2. The summed E-state index contributed by atoms with van der Waals surface area (Å²) in [5.74, 6) is 0.912. The summed E-state index contributed by atoms with van der Waals surface area (Å²) in [6.07, 6.45) is 0.589. The largest absolute Gasteiger partial charge is 0.496 e. The van der Waals surface area contributed by atoms with Crippen molar-refractivity contribution in [3.63, 3.8) is 0 Å². The first-order valence-corrected chi connectivity index (χ1v) is 5.11. The van der Waals surface area contributed by atoms with E-state index in [1.807, 2.05) is 26.0 Å². The van der Waals surface area contributed by atoms with Crippen LogP contribution in [-0.4, -0.2) is 18.8 Å². The monoisotopic (exact) mass is 209 g/mol. The van der Waals surface area contributed by atoms with Crippen LogP contribution in [-0.2, 0) is 0 Å². The van der Waals surface area contributed by atoms with Gasteiger partial charge >= 0.3 is 0 Å². The van der Waals surface area contributed by atoms with Crippen LogP contribution in [0.25, 0.3) is 0 Å². The van der Waals surface area contributed by atoms with E-state index < -0.39 is 0 Å². The highest BCUT2D eigenvalue weighted by molar-refractivity contribution is 5.44. The van der Waals surface area contributed by atoms with E-state index in [2.05, 4.69) is 0 Å². The van der Waals surface area contributed by atoms with Crippen molar-refractivity contribution >= 4 is 0 Å². The smallest absolute Gasteiger partial charge is 0.124 e. The SMILES string of the molecule is COc1c(C)cc([C@H](N)CCO)cc1C. The Morgan fingerprint density at radius 1 is 1.33 bits per heavy atom. The van der Waals surface area contributed by atoms with E-state index in [1.165, 1.54) is 0 Å². The summed E-state index contributed by atoms with van der Waals surface area (Å²) in [6.45, 7) is 4.12. The molecule has 3 heteroatoms. The van der Waals surface area contributed by atoms with Crippen LogP contribution in [0.2, 0.25) is 0 Å². The van der Waals surface area contributed by atoms with Gasteiger partial charge in [-0.15, -0.1) is 0 Å². The Labute approximate surface area is 90.9 Å². The van der Waals surface area contributed by atoms with Crippen molar-refractivity contribution < 1.29 is 9.84 Å². The normalized spacial score (nSPS) is 12.6. The minimum atomic E-state index is -0.0988. The fourth-order valence-corrected chi connectivity index (χ4v) is 1.83. The predicted octanol–water partition coefficient (Wildman–Crippen LogP) is 1.69. The number of methoxy groups -OCH3 is 1. The summed E-state index contributed by atoms with van der Waals surface area (Å²) in [4.78, 5) is 0. The van der Waals surface area contributed by atoms with Crippen LogP contribution in [0.1, 0.15) is 29.2 Å². The molecule has 0 aromatic heterocycles. The molecule has 1 aromatic rings. The Hall–Kier alpha value is -1.06. The lowest BCUT2D eigenvalue weighted by atomic mass is 9.99. The Balaban J connectivity index is 3.02. The summed E-state index contributed by atoms with van der Waals surface area (Å²) >= 11 is 0. The first-order chi connectivity index (χ1) is 7.10. The van der Waals surface area contributed by atoms with Gasteiger partial charge in [-0.3, -0.25) is 0 Å². The lowest BCUT2D eigenvalue weighted by Gasteiger charge is -2.15. The number of aliphatic hydroxyl groups is 1. The highest BCUT2D eigenvalue weighted by Gasteiger charge is 2.10. The third-order valence-corrected chi connectivity index (χ3v) is 2.56. The van der Waals surface area contributed by atoms with Crippen LogP contribution in [0.4, 0.5) is 0 Å². The van der Waals surface area contributed by atoms with Gasteiger partial charge in [-0.2, -0.15) is 0 Å². The Morgan fingerprint density at radius 3 is 2.27 bits per heavy atom. The summed E-state index contributed by atoms with van der Waals surface area (Å²) in [6, 6.07) is 3.94. The molecule has 0 saturated heterocycles. The average Bonchev–Trinajstić information content (AvgIpc) is 2.17. The molecule has 0 spiro atoms. The molecule has 3 N–H and O–H groups in total. The van der Waals surface area contributed by atoms with Crippen LogP contribution >= 0.6 is 0 Å². The topological polar surface area (TPSA) is 55.5 Å². The minimum absolute atomic E-state index is 0.0988. The van der Waals surface area contributed by atoms with Crippen LogP contribution in [0.15, 0.2) is 12.1 Å². The number of rotatable bonds is 4. The van der Waals surface area contributed by atoms with E-state index in [1.54, 1.807) is 7.11 Å². The van der Waals surface area contributed by atoms with Crippen molar-refractivity contribution in [2.24, 2.45) is 5.73 Å². The van der Waals surface area contributed by atoms with Gasteiger partial charge in [0, 0.05) is 12.6 Å². The molecule has 0 fully saturated rings. The second-order valence-corrected chi connectivity index (χ2v) is 3.81. The molecule has 84 valence electrons. The number of aliphatic hydroxyl groups excluding tert-OH is 1. The van der Waals surface area contributed by atoms with Crippen molar-refractivity contribution in [2.75, 3.05) is 13.7 Å². The molecule has 1 rings (SSSR count). The van der Waals surface area contributed by atoms with Crippen molar-refractivity contribution in [3.8, 4) is 5.75 Å². The lowest BCUT2D eigenvalue weighted by Crippen LogP contribution is -2.12. The molecule has 0 aliphatic heterocycles. The van der Waals surface area contributed by atoms with Crippen molar-refractivity contribution in [2.45, 2.75) is 26.3 Å². The maximum Gasteiger partial charge on any atom is 0.124 e. The fraction of sp³-hybridized carbons (Fsp3) is 0.500. The first-order valence-electron chi connectivity index (χ1n) is 5.11. The molecule has 0 aliphatic rings. The van der Waals surface area contributed by atoms with E-state index in [9.17, 15) is 0 Å². The Morgan fingerprint density at radius 2 is 1.87 bits per heavy atom. The molecule has 0 unspecified atom stereocenters. The molecule has 0 amide bonds. The summed E-state index contributed by atoms with van der Waals surface area (Å²) in [5, 5.41) is 8.83. The summed E-state index contributed by atoms with van der Waals surface area (Å²) < 4.78 is 5.28. The van der Waals surface area contributed by atoms with E-state index in [4.69, 9.17) is 15.6 Å².